The third kappa shape index (κ3) is 3.18. The molecule has 2 heterocycles. The highest BCUT2D eigenvalue weighted by Gasteiger charge is 2.28. The van der Waals surface area contributed by atoms with Crippen LogP contribution in [0.4, 0.5) is 11.6 Å². The Kier molecular flexibility index (Phi) is 4.64. The number of hydrogen-bond acceptors (Lipinski definition) is 4. The van der Waals surface area contributed by atoms with Crippen LogP contribution in [0.2, 0.25) is 0 Å². The number of anilines is 2. The largest absolute Gasteiger partial charge is 0.357 e. The summed E-state index contributed by atoms with van der Waals surface area (Å²) in [6.07, 6.45) is 0.851. The summed E-state index contributed by atoms with van der Waals surface area (Å²) in [4.78, 5) is 27.4. The Morgan fingerprint density at radius 1 is 0.767 bits per heavy atom. The zero-order chi connectivity index (χ0) is 20.5. The average Bonchev–Trinajstić information content (AvgIpc) is 2.96. The molecule has 5 nitrogen and oxygen atoms in total. The number of hydrogen-bond donors (Lipinski definition) is 0. The van der Waals surface area contributed by atoms with Gasteiger partial charge in [0.05, 0.1) is 11.0 Å². The second-order valence-electron chi connectivity index (χ2n) is 7.50. The number of nitrogens with zero attached hydrogens (tertiary/aromatic N) is 4. The zero-order valence-corrected chi connectivity index (χ0v) is 16.8. The van der Waals surface area contributed by atoms with Crippen LogP contribution in [0.3, 0.4) is 0 Å². The number of para-hydroxylation sites is 2. The van der Waals surface area contributed by atoms with E-state index in [9.17, 15) is 4.79 Å². The summed E-state index contributed by atoms with van der Waals surface area (Å²) in [5.74, 6) is 1.33. The molecule has 0 saturated heterocycles. The molecule has 1 aliphatic heterocycles. The number of aromatic nitrogens is 2. The van der Waals surface area contributed by atoms with Crippen LogP contribution in [0, 0.1) is 0 Å². The molecule has 148 valence electrons. The second kappa shape index (κ2) is 7.59. The molecule has 3 aromatic carbocycles. The lowest BCUT2D eigenvalue weighted by molar-refractivity contribution is 0.0987. The normalized spacial score (nSPS) is 13.8. The van der Waals surface area contributed by atoms with Crippen molar-refractivity contribution in [1.82, 2.24) is 9.97 Å². The van der Waals surface area contributed by atoms with Crippen molar-refractivity contribution >= 4 is 28.6 Å². The molecule has 4 aromatic rings. The van der Waals surface area contributed by atoms with Gasteiger partial charge in [0.25, 0.3) is 5.91 Å². The van der Waals surface area contributed by atoms with Gasteiger partial charge in [0.15, 0.2) is 11.6 Å². The van der Waals surface area contributed by atoms with Gasteiger partial charge >= 0.3 is 0 Å². The molecule has 0 unspecified atom stereocenters. The van der Waals surface area contributed by atoms with E-state index in [4.69, 9.17) is 9.97 Å². The summed E-state index contributed by atoms with van der Waals surface area (Å²) in [5.41, 5.74) is 4.26. The zero-order valence-electron chi connectivity index (χ0n) is 16.8. The highest BCUT2D eigenvalue weighted by Crippen LogP contribution is 2.33. The van der Waals surface area contributed by atoms with Crippen molar-refractivity contribution in [1.29, 1.82) is 0 Å². The number of amides is 1. The molecule has 30 heavy (non-hydrogen) atoms. The number of rotatable bonds is 2. The molecule has 0 bridgehead atoms. The Morgan fingerprint density at radius 3 is 2.17 bits per heavy atom. The first kappa shape index (κ1) is 18.3. The average molecular weight is 394 g/mol. The third-order valence-electron chi connectivity index (χ3n) is 5.51. The van der Waals surface area contributed by atoms with E-state index in [0.29, 0.717) is 17.9 Å². The topological polar surface area (TPSA) is 49.3 Å². The van der Waals surface area contributed by atoms with Gasteiger partial charge in [-0.2, -0.15) is 0 Å². The Bertz CT molecular complexity index is 1220. The molecule has 0 atom stereocenters. The SMILES string of the molecule is CN1CCCN(C(=O)c2ccccc2-c2ccccc2)c2nc3ccccc3nc21. The number of benzene rings is 3. The number of fused-ring (bicyclic) bond motifs is 2. The smallest absolute Gasteiger partial charge is 0.260 e. The Balaban J connectivity index is 1.64. The summed E-state index contributed by atoms with van der Waals surface area (Å²) < 4.78 is 0. The maximum Gasteiger partial charge on any atom is 0.260 e. The quantitative estimate of drug-likeness (QED) is 0.491. The summed E-state index contributed by atoms with van der Waals surface area (Å²) in [7, 11) is 2.01. The number of carbonyl (C=O) groups excluding carboxylic acids is 1. The molecule has 0 N–H and O–H groups in total. The van der Waals surface area contributed by atoms with Gasteiger partial charge in [-0.3, -0.25) is 9.69 Å². The molecular formula is C25H22N4O. The van der Waals surface area contributed by atoms with Crippen LogP contribution in [0.25, 0.3) is 22.2 Å². The van der Waals surface area contributed by atoms with Gasteiger partial charge in [-0.05, 0) is 35.7 Å². The summed E-state index contributed by atoms with van der Waals surface area (Å²) in [5, 5.41) is 0. The fourth-order valence-electron chi connectivity index (χ4n) is 3.98. The van der Waals surface area contributed by atoms with Crippen LogP contribution < -0.4 is 9.80 Å². The first-order chi connectivity index (χ1) is 14.7. The van der Waals surface area contributed by atoms with Gasteiger partial charge < -0.3 is 4.90 Å². The highest BCUT2D eigenvalue weighted by molar-refractivity contribution is 6.11. The monoisotopic (exact) mass is 394 g/mol. The molecule has 0 aliphatic carbocycles. The molecular weight excluding hydrogens is 372 g/mol. The van der Waals surface area contributed by atoms with Gasteiger partial charge in [-0.1, -0.05) is 60.7 Å². The fourth-order valence-corrected chi connectivity index (χ4v) is 3.98. The van der Waals surface area contributed by atoms with Crippen molar-refractivity contribution in [3.05, 3.63) is 84.4 Å². The minimum Gasteiger partial charge on any atom is -0.357 e. The van der Waals surface area contributed by atoms with E-state index in [1.807, 2.05) is 85.9 Å². The lowest BCUT2D eigenvalue weighted by Crippen LogP contribution is -2.32. The van der Waals surface area contributed by atoms with Gasteiger partial charge in [0.2, 0.25) is 0 Å². The lowest BCUT2D eigenvalue weighted by atomic mass is 9.99. The van der Waals surface area contributed by atoms with E-state index in [2.05, 4.69) is 4.90 Å². The van der Waals surface area contributed by atoms with Crippen molar-refractivity contribution < 1.29 is 4.79 Å². The standard InChI is InChI=1S/C25H22N4O/c1-28-16-9-17-29(24-23(28)26-21-14-7-8-15-22(21)27-24)25(30)20-13-6-5-12-19(20)18-10-3-2-4-11-18/h2-8,10-15H,9,16-17H2,1H3. The van der Waals surface area contributed by atoms with Crippen LogP contribution >= 0.6 is 0 Å². The minimum absolute atomic E-state index is 0.0458. The van der Waals surface area contributed by atoms with Gasteiger partial charge in [-0.25, -0.2) is 9.97 Å². The molecule has 0 fully saturated rings. The minimum atomic E-state index is -0.0458. The molecule has 1 aliphatic rings. The van der Waals surface area contributed by atoms with E-state index >= 15 is 0 Å². The van der Waals surface area contributed by atoms with Crippen LogP contribution in [0.15, 0.2) is 78.9 Å². The Hall–Kier alpha value is -3.73. The maximum atomic E-state index is 13.8. The van der Waals surface area contributed by atoms with Crippen LogP contribution in [-0.4, -0.2) is 36.0 Å². The Labute approximate surface area is 175 Å². The van der Waals surface area contributed by atoms with Crippen molar-refractivity contribution in [3.8, 4) is 11.1 Å². The molecule has 1 aromatic heterocycles. The molecule has 0 saturated carbocycles. The first-order valence-corrected chi connectivity index (χ1v) is 10.2. The van der Waals surface area contributed by atoms with Crippen molar-refractivity contribution in [2.24, 2.45) is 0 Å². The van der Waals surface area contributed by atoms with Crippen molar-refractivity contribution in [2.45, 2.75) is 6.42 Å². The van der Waals surface area contributed by atoms with Gasteiger partial charge in [0.1, 0.15) is 0 Å². The van der Waals surface area contributed by atoms with E-state index in [1.54, 1.807) is 4.90 Å². The molecule has 5 rings (SSSR count). The fraction of sp³-hybridized carbons (Fsp3) is 0.160. The number of carbonyl (C=O) groups is 1. The van der Waals surface area contributed by atoms with Crippen LogP contribution in [0.5, 0.6) is 0 Å². The molecule has 0 radical (unpaired) electrons. The van der Waals surface area contributed by atoms with Crippen molar-refractivity contribution in [3.63, 3.8) is 0 Å². The molecule has 0 spiro atoms. The maximum absolute atomic E-state index is 13.8. The van der Waals surface area contributed by atoms with Crippen LogP contribution in [-0.2, 0) is 0 Å². The third-order valence-corrected chi connectivity index (χ3v) is 5.51. The molecule has 5 heteroatoms. The van der Waals surface area contributed by atoms with Crippen molar-refractivity contribution in [2.75, 3.05) is 29.9 Å². The highest BCUT2D eigenvalue weighted by atomic mass is 16.2. The Morgan fingerprint density at radius 2 is 1.40 bits per heavy atom. The van der Waals surface area contributed by atoms with Gasteiger partial charge in [0, 0.05) is 25.7 Å². The van der Waals surface area contributed by atoms with E-state index in [1.165, 1.54) is 0 Å². The predicted molar refractivity (Wildman–Crippen MR) is 121 cm³/mol. The predicted octanol–water partition coefficient (Wildman–Crippen LogP) is 4.78. The lowest BCUT2D eigenvalue weighted by Gasteiger charge is -2.24. The van der Waals surface area contributed by atoms with Gasteiger partial charge in [-0.15, -0.1) is 0 Å². The van der Waals surface area contributed by atoms with E-state index in [0.717, 1.165) is 40.9 Å². The second-order valence-corrected chi connectivity index (χ2v) is 7.50. The summed E-state index contributed by atoms with van der Waals surface area (Å²) >= 11 is 0. The van der Waals surface area contributed by atoms with E-state index < -0.39 is 0 Å². The van der Waals surface area contributed by atoms with Crippen LogP contribution in [0.1, 0.15) is 16.8 Å². The summed E-state index contributed by atoms with van der Waals surface area (Å²) in [6, 6.07) is 25.6. The van der Waals surface area contributed by atoms with E-state index in [-0.39, 0.29) is 5.91 Å². The molecule has 1 amide bonds. The summed E-state index contributed by atoms with van der Waals surface area (Å²) in [6.45, 7) is 1.43. The first-order valence-electron chi connectivity index (χ1n) is 10.2.